The van der Waals surface area contributed by atoms with E-state index in [-0.39, 0.29) is 23.4 Å². The lowest BCUT2D eigenvalue weighted by Crippen LogP contribution is -2.59. The Kier molecular flexibility index (Phi) is 3.95. The lowest BCUT2D eigenvalue weighted by atomic mass is 9.97. The van der Waals surface area contributed by atoms with Crippen molar-refractivity contribution in [2.75, 3.05) is 13.6 Å². The van der Waals surface area contributed by atoms with E-state index in [1.165, 1.54) is 0 Å². The quantitative estimate of drug-likeness (QED) is 0.467. The molecular weight excluding hydrogens is 263 g/mol. The highest BCUT2D eigenvalue weighted by atomic mass is 31.0. The van der Waals surface area contributed by atoms with E-state index in [2.05, 4.69) is 15.8 Å². The molecular formula is C13H19N2O3P. The number of hydrogen-bond acceptors (Lipinski definition) is 4. The van der Waals surface area contributed by atoms with Crippen LogP contribution < -0.4 is 0 Å². The third-order valence-corrected chi connectivity index (χ3v) is 4.74. The largest absolute Gasteiger partial charge is 0.503 e. The molecule has 2 rings (SSSR count). The Hall–Kier alpha value is -1.35. The molecule has 2 unspecified atom stereocenters. The van der Waals surface area contributed by atoms with Crippen molar-refractivity contribution in [2.24, 2.45) is 0 Å². The van der Waals surface area contributed by atoms with Gasteiger partial charge in [0.2, 0.25) is 5.78 Å². The first-order chi connectivity index (χ1) is 8.99. The zero-order chi connectivity index (χ0) is 14.2. The van der Waals surface area contributed by atoms with E-state index < -0.39 is 11.5 Å². The molecule has 0 aromatic rings. The molecule has 0 aromatic heterocycles. The molecule has 2 aliphatic rings. The predicted octanol–water partition coefficient (Wildman–Crippen LogP) is 1.04. The number of piperidine rings is 1. The van der Waals surface area contributed by atoms with E-state index >= 15 is 0 Å². The van der Waals surface area contributed by atoms with Gasteiger partial charge in [-0.1, -0.05) is 6.58 Å². The van der Waals surface area contributed by atoms with Crippen molar-refractivity contribution >= 4 is 20.9 Å². The van der Waals surface area contributed by atoms with Crippen LogP contribution in [0.3, 0.4) is 0 Å². The number of likely N-dealkylation sites (N-methyl/N-ethyl adjacent to an activating group) is 1. The average Bonchev–Trinajstić information content (AvgIpc) is 2.44. The van der Waals surface area contributed by atoms with Crippen LogP contribution in [0.2, 0.25) is 0 Å². The van der Waals surface area contributed by atoms with Crippen LogP contribution in [0.25, 0.3) is 0 Å². The van der Waals surface area contributed by atoms with E-state index in [0.717, 1.165) is 25.3 Å². The van der Waals surface area contributed by atoms with Gasteiger partial charge in [0.05, 0.1) is 11.8 Å². The third kappa shape index (κ3) is 2.27. The van der Waals surface area contributed by atoms with Crippen LogP contribution in [0, 0.1) is 0 Å². The number of rotatable bonds is 2. The number of fused-ring (bicyclic) bond motifs is 1. The van der Waals surface area contributed by atoms with Crippen LogP contribution in [-0.4, -0.2) is 52.0 Å². The van der Waals surface area contributed by atoms with Crippen LogP contribution in [0.5, 0.6) is 0 Å². The molecule has 0 radical (unpaired) electrons. The summed E-state index contributed by atoms with van der Waals surface area (Å²) in [6, 6.07) is 0.131. The van der Waals surface area contributed by atoms with Gasteiger partial charge in [-0.25, -0.2) is 0 Å². The minimum absolute atomic E-state index is 0.00719. The second-order valence-corrected chi connectivity index (χ2v) is 5.61. The summed E-state index contributed by atoms with van der Waals surface area (Å²) in [5, 5.41) is 9.95. The summed E-state index contributed by atoms with van der Waals surface area (Å²) < 4.78 is 0. The molecule has 6 heteroatoms. The van der Waals surface area contributed by atoms with Crippen molar-refractivity contribution in [2.45, 2.75) is 31.1 Å². The number of piperazine rings is 1. The Morgan fingerprint density at radius 2 is 2.21 bits per heavy atom. The molecule has 19 heavy (non-hydrogen) atoms. The van der Waals surface area contributed by atoms with E-state index in [4.69, 9.17) is 0 Å². The SMILES string of the molecule is C=CC(=O)/C(O)=C1/C(=O)N2CCCCC2[C@H](P)N1C. The number of nitrogens with zero attached hydrogens (tertiary/aromatic N) is 2. The van der Waals surface area contributed by atoms with Crippen molar-refractivity contribution in [1.29, 1.82) is 0 Å². The summed E-state index contributed by atoms with van der Waals surface area (Å²) in [7, 11) is 4.42. The van der Waals surface area contributed by atoms with E-state index in [9.17, 15) is 14.7 Å². The molecule has 104 valence electrons. The number of allylic oxidation sites excluding steroid dienone is 1. The van der Waals surface area contributed by atoms with Gasteiger partial charge < -0.3 is 14.9 Å². The fraction of sp³-hybridized carbons (Fsp3) is 0.538. The Labute approximate surface area is 115 Å². The molecule has 0 aromatic carbocycles. The number of aliphatic hydroxyl groups is 1. The minimum Gasteiger partial charge on any atom is -0.503 e. The number of amides is 1. The van der Waals surface area contributed by atoms with Gasteiger partial charge >= 0.3 is 0 Å². The van der Waals surface area contributed by atoms with Gasteiger partial charge in [-0.3, -0.25) is 9.59 Å². The van der Waals surface area contributed by atoms with E-state index in [1.54, 1.807) is 16.8 Å². The number of aliphatic hydroxyl groups excluding tert-OH is 1. The molecule has 1 amide bonds. The predicted molar refractivity (Wildman–Crippen MR) is 75.5 cm³/mol. The molecule has 0 saturated carbocycles. The van der Waals surface area contributed by atoms with Gasteiger partial charge in [0.1, 0.15) is 5.70 Å². The summed E-state index contributed by atoms with van der Waals surface area (Å²) in [6.45, 7) is 4.02. The molecule has 2 aliphatic heterocycles. The summed E-state index contributed by atoms with van der Waals surface area (Å²) in [5.74, 6) is -1.40. The molecule has 2 heterocycles. The van der Waals surface area contributed by atoms with Gasteiger partial charge in [-0.2, -0.15) is 0 Å². The molecule has 3 atom stereocenters. The maximum absolute atomic E-state index is 12.4. The fourth-order valence-electron chi connectivity index (χ4n) is 2.74. The van der Waals surface area contributed by atoms with Crippen molar-refractivity contribution in [3.63, 3.8) is 0 Å². The molecule has 5 nitrogen and oxygen atoms in total. The maximum atomic E-state index is 12.4. The minimum atomic E-state index is -0.622. The molecule has 0 spiro atoms. The number of ketones is 1. The normalized spacial score (nSPS) is 29.9. The monoisotopic (exact) mass is 282 g/mol. The lowest BCUT2D eigenvalue weighted by molar-refractivity contribution is -0.137. The molecule has 2 fully saturated rings. The summed E-state index contributed by atoms with van der Waals surface area (Å²) in [5.41, 5.74) is 0.0723. The van der Waals surface area contributed by atoms with Crippen LogP contribution in [0.15, 0.2) is 24.1 Å². The Balaban J connectivity index is 2.42. The molecule has 1 N–H and O–H groups in total. The highest BCUT2D eigenvalue weighted by Gasteiger charge is 2.43. The second kappa shape index (κ2) is 5.33. The smallest absolute Gasteiger partial charge is 0.274 e. The summed E-state index contributed by atoms with van der Waals surface area (Å²) in [6.07, 6.45) is 4.04. The highest BCUT2D eigenvalue weighted by molar-refractivity contribution is 7.17. The summed E-state index contributed by atoms with van der Waals surface area (Å²) >= 11 is 0. The van der Waals surface area contributed by atoms with Gasteiger partial charge in [-0.05, 0) is 25.3 Å². The van der Waals surface area contributed by atoms with Crippen molar-refractivity contribution < 1.29 is 14.7 Å². The maximum Gasteiger partial charge on any atom is 0.274 e. The zero-order valence-electron chi connectivity index (χ0n) is 11.0. The van der Waals surface area contributed by atoms with Gasteiger partial charge in [0, 0.05) is 13.6 Å². The molecule has 2 saturated heterocycles. The fourth-order valence-corrected chi connectivity index (χ4v) is 3.29. The van der Waals surface area contributed by atoms with Crippen LogP contribution >= 0.6 is 9.24 Å². The average molecular weight is 282 g/mol. The first kappa shape index (κ1) is 14.1. The summed E-state index contributed by atoms with van der Waals surface area (Å²) in [4.78, 5) is 27.4. The third-order valence-electron chi connectivity index (χ3n) is 3.85. The topological polar surface area (TPSA) is 60.9 Å². The van der Waals surface area contributed by atoms with Crippen LogP contribution in [-0.2, 0) is 9.59 Å². The van der Waals surface area contributed by atoms with Crippen LogP contribution in [0.4, 0.5) is 0 Å². The first-order valence-electron chi connectivity index (χ1n) is 6.38. The van der Waals surface area contributed by atoms with Gasteiger partial charge in [0.25, 0.3) is 5.91 Å². The number of hydrogen-bond donors (Lipinski definition) is 1. The number of carbonyl (C=O) groups excluding carboxylic acids is 2. The zero-order valence-corrected chi connectivity index (χ0v) is 12.2. The molecule has 0 bridgehead atoms. The van der Waals surface area contributed by atoms with Gasteiger partial charge in [0.15, 0.2) is 5.76 Å². The van der Waals surface area contributed by atoms with E-state index in [1.807, 2.05) is 0 Å². The standard InChI is InChI=1S/C13H19N2O3P/c1-3-9(16)11(17)10-12(18)15-7-5-4-6-8(15)13(19)14(10)2/h3,8,13,17H,1,4-7,19H2,2H3/b11-10+/t8?,13-/m0/s1. The van der Waals surface area contributed by atoms with Crippen LogP contribution in [0.1, 0.15) is 19.3 Å². The lowest BCUT2D eigenvalue weighted by Gasteiger charge is -2.48. The van der Waals surface area contributed by atoms with Gasteiger partial charge in [-0.15, -0.1) is 9.24 Å². The highest BCUT2D eigenvalue weighted by Crippen LogP contribution is 2.34. The second-order valence-electron chi connectivity index (χ2n) is 4.93. The first-order valence-corrected chi connectivity index (χ1v) is 7.05. The molecule has 0 aliphatic carbocycles. The Morgan fingerprint density at radius 3 is 2.84 bits per heavy atom. The van der Waals surface area contributed by atoms with E-state index in [0.29, 0.717) is 6.54 Å². The number of carbonyl (C=O) groups is 2. The van der Waals surface area contributed by atoms with Crippen molar-refractivity contribution in [1.82, 2.24) is 9.80 Å². The Bertz CT molecular complexity index is 461. The van der Waals surface area contributed by atoms with Crippen molar-refractivity contribution in [3.05, 3.63) is 24.1 Å². The van der Waals surface area contributed by atoms with Crippen molar-refractivity contribution in [3.8, 4) is 0 Å². The Morgan fingerprint density at radius 1 is 1.53 bits per heavy atom.